The molecule has 1 aromatic rings. The first-order valence-corrected chi connectivity index (χ1v) is 6.52. The Bertz CT molecular complexity index is 398. The highest BCUT2D eigenvalue weighted by Gasteiger charge is 2.12. The Morgan fingerprint density at radius 3 is 2.47 bits per heavy atom. The van der Waals surface area contributed by atoms with Crippen LogP contribution in [-0.4, -0.2) is 24.4 Å². The minimum absolute atomic E-state index is 0.0157. The molecule has 0 aromatic heterocycles. The van der Waals surface area contributed by atoms with Gasteiger partial charge in [-0.3, -0.25) is 4.79 Å². The standard InChI is InChI=1S/C13H16ClF2NO2/c1-2-10(7-8-14)17-12(18)9-3-5-11(6-4-9)19-13(15)16/h3-6,10,13H,2,7-8H2,1H3,(H,17,18). The Balaban J connectivity index is 2.62. The predicted octanol–water partition coefficient (Wildman–Crippen LogP) is 3.43. The van der Waals surface area contributed by atoms with E-state index in [1.54, 1.807) is 0 Å². The van der Waals surface area contributed by atoms with Crippen molar-refractivity contribution < 1.29 is 18.3 Å². The fourth-order valence-corrected chi connectivity index (χ4v) is 1.83. The highest BCUT2D eigenvalue weighted by molar-refractivity contribution is 6.17. The van der Waals surface area contributed by atoms with E-state index in [9.17, 15) is 13.6 Å². The van der Waals surface area contributed by atoms with E-state index < -0.39 is 6.61 Å². The Labute approximate surface area is 115 Å². The lowest BCUT2D eigenvalue weighted by Crippen LogP contribution is -2.34. The third kappa shape index (κ3) is 5.42. The molecule has 0 saturated heterocycles. The SMILES string of the molecule is CCC(CCCl)NC(=O)c1ccc(OC(F)F)cc1. The summed E-state index contributed by atoms with van der Waals surface area (Å²) in [5.41, 5.74) is 0.398. The summed E-state index contributed by atoms with van der Waals surface area (Å²) in [5.74, 6) is 0.250. The van der Waals surface area contributed by atoms with Gasteiger partial charge in [-0.15, -0.1) is 11.6 Å². The average Bonchev–Trinajstić information content (AvgIpc) is 2.38. The molecule has 1 N–H and O–H groups in total. The molecule has 0 radical (unpaired) electrons. The van der Waals surface area contributed by atoms with Crippen LogP contribution in [0.2, 0.25) is 0 Å². The van der Waals surface area contributed by atoms with Crippen LogP contribution in [0.5, 0.6) is 5.75 Å². The zero-order valence-electron chi connectivity index (χ0n) is 10.5. The van der Waals surface area contributed by atoms with Crippen LogP contribution in [0.25, 0.3) is 0 Å². The second-order valence-electron chi connectivity index (χ2n) is 3.96. The first-order chi connectivity index (χ1) is 9.06. The summed E-state index contributed by atoms with van der Waals surface area (Å²) in [6, 6.07) is 5.58. The Morgan fingerprint density at radius 1 is 1.37 bits per heavy atom. The van der Waals surface area contributed by atoms with Crippen molar-refractivity contribution in [2.75, 3.05) is 5.88 Å². The molecule has 3 nitrogen and oxygen atoms in total. The van der Waals surface area contributed by atoms with Crippen molar-refractivity contribution in [3.05, 3.63) is 29.8 Å². The van der Waals surface area contributed by atoms with Gasteiger partial charge in [0.2, 0.25) is 0 Å². The van der Waals surface area contributed by atoms with E-state index in [0.717, 1.165) is 6.42 Å². The molecule has 0 fully saturated rings. The van der Waals surface area contributed by atoms with Gasteiger partial charge in [-0.1, -0.05) is 6.92 Å². The zero-order chi connectivity index (χ0) is 14.3. The number of amides is 1. The maximum absolute atomic E-state index is 12.0. The highest BCUT2D eigenvalue weighted by Crippen LogP contribution is 2.15. The molecule has 6 heteroatoms. The lowest BCUT2D eigenvalue weighted by atomic mass is 10.1. The van der Waals surface area contributed by atoms with Gasteiger partial charge in [0.1, 0.15) is 5.75 Å². The normalized spacial score (nSPS) is 12.3. The number of ether oxygens (including phenoxy) is 1. The molecule has 1 unspecified atom stereocenters. The first-order valence-electron chi connectivity index (χ1n) is 5.98. The topological polar surface area (TPSA) is 38.3 Å². The van der Waals surface area contributed by atoms with Gasteiger partial charge in [0.15, 0.2) is 0 Å². The summed E-state index contributed by atoms with van der Waals surface area (Å²) in [4.78, 5) is 11.9. The third-order valence-electron chi connectivity index (χ3n) is 2.63. The van der Waals surface area contributed by atoms with Gasteiger partial charge in [0.05, 0.1) is 0 Å². The monoisotopic (exact) mass is 291 g/mol. The predicted molar refractivity (Wildman–Crippen MR) is 70.0 cm³/mol. The molecule has 1 aromatic carbocycles. The fourth-order valence-electron chi connectivity index (χ4n) is 1.57. The van der Waals surface area contributed by atoms with Crippen LogP contribution in [0.1, 0.15) is 30.1 Å². The molecule has 0 saturated carbocycles. The lowest BCUT2D eigenvalue weighted by Gasteiger charge is -2.15. The Hall–Kier alpha value is -1.36. The molecule has 0 spiro atoms. The van der Waals surface area contributed by atoms with Crippen molar-refractivity contribution in [1.82, 2.24) is 5.32 Å². The molecular weight excluding hydrogens is 276 g/mol. The van der Waals surface area contributed by atoms with Crippen molar-refractivity contribution in [3.8, 4) is 5.75 Å². The van der Waals surface area contributed by atoms with Crippen molar-refractivity contribution in [3.63, 3.8) is 0 Å². The molecule has 0 heterocycles. The van der Waals surface area contributed by atoms with E-state index >= 15 is 0 Å². The van der Waals surface area contributed by atoms with Gasteiger partial charge in [0.25, 0.3) is 5.91 Å². The van der Waals surface area contributed by atoms with E-state index in [1.807, 2.05) is 6.92 Å². The van der Waals surface area contributed by atoms with Crippen molar-refractivity contribution >= 4 is 17.5 Å². The fraction of sp³-hybridized carbons (Fsp3) is 0.462. The minimum Gasteiger partial charge on any atom is -0.435 e. The van der Waals surface area contributed by atoms with Crippen molar-refractivity contribution in [2.45, 2.75) is 32.4 Å². The van der Waals surface area contributed by atoms with Crippen molar-refractivity contribution in [1.29, 1.82) is 0 Å². The number of rotatable bonds is 7. The van der Waals surface area contributed by atoms with Crippen molar-refractivity contribution in [2.24, 2.45) is 0 Å². The number of hydrogen-bond donors (Lipinski definition) is 1. The van der Waals surface area contributed by atoms with Crippen LogP contribution in [0.3, 0.4) is 0 Å². The second-order valence-corrected chi connectivity index (χ2v) is 4.34. The number of halogens is 3. The van der Waals surface area contributed by atoms with E-state index in [-0.39, 0.29) is 17.7 Å². The van der Waals surface area contributed by atoms with Crippen LogP contribution in [-0.2, 0) is 0 Å². The van der Waals surface area contributed by atoms with Crippen LogP contribution in [0.4, 0.5) is 8.78 Å². The van der Waals surface area contributed by atoms with E-state index in [0.29, 0.717) is 17.9 Å². The third-order valence-corrected chi connectivity index (χ3v) is 2.85. The van der Waals surface area contributed by atoms with Gasteiger partial charge in [0, 0.05) is 17.5 Å². The minimum atomic E-state index is -2.87. The summed E-state index contributed by atoms with van der Waals surface area (Å²) in [5, 5.41) is 2.83. The van der Waals surface area contributed by atoms with E-state index in [4.69, 9.17) is 11.6 Å². The number of alkyl halides is 3. The number of carbonyl (C=O) groups excluding carboxylic acids is 1. The molecule has 0 aliphatic rings. The average molecular weight is 292 g/mol. The van der Waals surface area contributed by atoms with Crippen LogP contribution in [0, 0.1) is 0 Å². The summed E-state index contributed by atoms with van der Waals surface area (Å²) < 4.78 is 28.1. The Morgan fingerprint density at radius 2 is 2.00 bits per heavy atom. The van der Waals surface area contributed by atoms with Crippen LogP contribution >= 0.6 is 11.6 Å². The Kier molecular flexibility index (Phi) is 6.56. The molecule has 0 aliphatic carbocycles. The maximum Gasteiger partial charge on any atom is 0.387 e. The molecule has 1 atom stereocenters. The summed E-state index contributed by atoms with van der Waals surface area (Å²) in [6.07, 6.45) is 1.47. The molecule has 19 heavy (non-hydrogen) atoms. The quantitative estimate of drug-likeness (QED) is 0.782. The zero-order valence-corrected chi connectivity index (χ0v) is 11.3. The molecule has 1 amide bonds. The maximum atomic E-state index is 12.0. The van der Waals surface area contributed by atoms with Crippen LogP contribution in [0.15, 0.2) is 24.3 Å². The largest absolute Gasteiger partial charge is 0.435 e. The first kappa shape index (κ1) is 15.7. The van der Waals surface area contributed by atoms with Gasteiger partial charge in [-0.2, -0.15) is 8.78 Å². The number of carbonyl (C=O) groups is 1. The number of hydrogen-bond acceptors (Lipinski definition) is 2. The lowest BCUT2D eigenvalue weighted by molar-refractivity contribution is -0.0498. The van der Waals surface area contributed by atoms with E-state index in [2.05, 4.69) is 10.1 Å². The molecule has 0 aliphatic heterocycles. The van der Waals surface area contributed by atoms with E-state index in [1.165, 1.54) is 24.3 Å². The second kappa shape index (κ2) is 7.94. The molecular formula is C13H16ClF2NO2. The molecule has 0 bridgehead atoms. The van der Waals surface area contributed by atoms with Gasteiger partial charge < -0.3 is 10.1 Å². The summed E-state index contributed by atoms with van der Waals surface area (Å²) in [6.45, 7) is -0.912. The number of benzene rings is 1. The summed E-state index contributed by atoms with van der Waals surface area (Å²) in [7, 11) is 0. The molecule has 1 rings (SSSR count). The smallest absolute Gasteiger partial charge is 0.387 e. The number of nitrogens with one attached hydrogen (secondary N) is 1. The molecule has 106 valence electrons. The van der Waals surface area contributed by atoms with Gasteiger partial charge in [-0.25, -0.2) is 0 Å². The van der Waals surface area contributed by atoms with Crippen LogP contribution < -0.4 is 10.1 Å². The summed E-state index contributed by atoms with van der Waals surface area (Å²) >= 11 is 5.63. The van der Waals surface area contributed by atoms with Gasteiger partial charge in [-0.05, 0) is 37.1 Å². The van der Waals surface area contributed by atoms with Gasteiger partial charge >= 0.3 is 6.61 Å². The highest BCUT2D eigenvalue weighted by atomic mass is 35.5.